The van der Waals surface area contributed by atoms with Crippen molar-refractivity contribution < 1.29 is 24.6 Å². The SMILES string of the molecule is NC(N)=NCCCCCCCC(=O)N[C@@H](CC(=O)O)C(=O)O. The molecule has 0 aromatic rings. The summed E-state index contributed by atoms with van der Waals surface area (Å²) in [6.07, 6.45) is 3.71. The lowest BCUT2D eigenvalue weighted by molar-refractivity contribution is -0.147. The van der Waals surface area contributed by atoms with Crippen molar-refractivity contribution in [3.05, 3.63) is 0 Å². The molecule has 9 nitrogen and oxygen atoms in total. The molecule has 7 N–H and O–H groups in total. The van der Waals surface area contributed by atoms with E-state index >= 15 is 0 Å². The second-order valence-electron chi connectivity index (χ2n) is 4.88. The van der Waals surface area contributed by atoms with Crippen molar-refractivity contribution in [2.24, 2.45) is 16.5 Å². The van der Waals surface area contributed by atoms with Crippen LogP contribution in [0.3, 0.4) is 0 Å². The molecule has 1 amide bonds. The van der Waals surface area contributed by atoms with Gasteiger partial charge in [0.25, 0.3) is 0 Å². The quantitative estimate of drug-likeness (QED) is 0.186. The van der Waals surface area contributed by atoms with E-state index in [0.29, 0.717) is 13.0 Å². The fraction of sp³-hybridized carbons (Fsp3) is 0.692. The summed E-state index contributed by atoms with van der Waals surface area (Å²) in [7, 11) is 0. The van der Waals surface area contributed by atoms with Gasteiger partial charge < -0.3 is 27.0 Å². The molecule has 22 heavy (non-hydrogen) atoms. The van der Waals surface area contributed by atoms with E-state index < -0.39 is 30.3 Å². The molecule has 1 atom stereocenters. The Morgan fingerprint density at radius 3 is 2.14 bits per heavy atom. The van der Waals surface area contributed by atoms with Gasteiger partial charge in [0.2, 0.25) is 5.91 Å². The molecule has 0 aromatic carbocycles. The second-order valence-corrected chi connectivity index (χ2v) is 4.88. The van der Waals surface area contributed by atoms with E-state index in [1.165, 1.54) is 0 Å². The van der Waals surface area contributed by atoms with Gasteiger partial charge in [-0.25, -0.2) is 4.79 Å². The summed E-state index contributed by atoms with van der Waals surface area (Å²) < 4.78 is 0. The first-order valence-electron chi connectivity index (χ1n) is 7.12. The lowest BCUT2D eigenvalue weighted by Crippen LogP contribution is -2.42. The van der Waals surface area contributed by atoms with Gasteiger partial charge in [0.1, 0.15) is 6.04 Å². The maximum Gasteiger partial charge on any atom is 0.326 e. The van der Waals surface area contributed by atoms with Crippen molar-refractivity contribution in [1.82, 2.24) is 5.32 Å². The number of hydrogen-bond donors (Lipinski definition) is 5. The van der Waals surface area contributed by atoms with E-state index in [4.69, 9.17) is 21.7 Å². The van der Waals surface area contributed by atoms with Crippen LogP contribution in [0.1, 0.15) is 44.9 Å². The van der Waals surface area contributed by atoms with E-state index in [-0.39, 0.29) is 12.4 Å². The summed E-state index contributed by atoms with van der Waals surface area (Å²) in [4.78, 5) is 36.7. The van der Waals surface area contributed by atoms with Gasteiger partial charge in [-0.05, 0) is 12.8 Å². The van der Waals surface area contributed by atoms with Crippen LogP contribution in [0.15, 0.2) is 4.99 Å². The van der Waals surface area contributed by atoms with Crippen molar-refractivity contribution in [1.29, 1.82) is 0 Å². The molecular weight excluding hydrogens is 292 g/mol. The number of rotatable bonds is 12. The molecule has 0 spiro atoms. The molecule has 0 fully saturated rings. The highest BCUT2D eigenvalue weighted by Crippen LogP contribution is 2.06. The number of aliphatic carboxylic acids is 2. The maximum absolute atomic E-state index is 11.5. The zero-order chi connectivity index (χ0) is 17.0. The third-order valence-corrected chi connectivity index (χ3v) is 2.87. The van der Waals surface area contributed by atoms with E-state index in [2.05, 4.69) is 10.3 Å². The summed E-state index contributed by atoms with van der Waals surface area (Å²) in [6.45, 7) is 0.582. The minimum Gasteiger partial charge on any atom is -0.481 e. The van der Waals surface area contributed by atoms with Crippen LogP contribution in [-0.2, 0) is 14.4 Å². The van der Waals surface area contributed by atoms with Crippen LogP contribution >= 0.6 is 0 Å². The highest BCUT2D eigenvalue weighted by atomic mass is 16.4. The predicted octanol–water partition coefficient (Wildman–Crippen LogP) is -0.355. The predicted molar refractivity (Wildman–Crippen MR) is 80.2 cm³/mol. The van der Waals surface area contributed by atoms with Crippen LogP contribution in [-0.4, -0.2) is 46.6 Å². The molecule has 9 heteroatoms. The number of nitrogens with one attached hydrogen (secondary N) is 1. The van der Waals surface area contributed by atoms with E-state index in [1.807, 2.05) is 0 Å². The van der Waals surface area contributed by atoms with Gasteiger partial charge in [-0.2, -0.15) is 0 Å². The maximum atomic E-state index is 11.5. The Balaban J connectivity index is 3.74. The smallest absolute Gasteiger partial charge is 0.326 e. The molecule has 0 unspecified atom stereocenters. The minimum absolute atomic E-state index is 0.0750. The Hall–Kier alpha value is -2.32. The monoisotopic (exact) mass is 316 g/mol. The van der Waals surface area contributed by atoms with Crippen LogP contribution in [0.25, 0.3) is 0 Å². The number of amides is 1. The van der Waals surface area contributed by atoms with Gasteiger partial charge in [0, 0.05) is 13.0 Å². The van der Waals surface area contributed by atoms with Gasteiger partial charge in [0.05, 0.1) is 6.42 Å². The van der Waals surface area contributed by atoms with Gasteiger partial charge in [0.15, 0.2) is 5.96 Å². The molecule has 126 valence electrons. The number of carboxylic acids is 2. The molecule has 0 heterocycles. The molecule has 0 radical (unpaired) electrons. The first-order valence-corrected chi connectivity index (χ1v) is 7.12. The number of carbonyl (C=O) groups is 3. The number of carboxylic acid groups (broad SMARTS) is 2. The van der Waals surface area contributed by atoms with Crippen molar-refractivity contribution in [3.8, 4) is 0 Å². The number of unbranched alkanes of at least 4 members (excludes halogenated alkanes) is 4. The Kier molecular flexibility index (Phi) is 10.2. The first kappa shape index (κ1) is 19.7. The standard InChI is InChI=1S/C13H24N4O5/c14-13(15)16-7-5-3-1-2-4-6-10(18)17-9(12(21)22)8-11(19)20/h9H,1-8H2,(H,17,18)(H,19,20)(H,21,22)(H4,14,15,16)/t9-/m0/s1. The fourth-order valence-electron chi connectivity index (χ4n) is 1.78. The number of guanidine groups is 1. The molecule has 0 rings (SSSR count). The van der Waals surface area contributed by atoms with Gasteiger partial charge in [-0.15, -0.1) is 0 Å². The van der Waals surface area contributed by atoms with Crippen LogP contribution in [0.4, 0.5) is 0 Å². The molecular formula is C13H24N4O5. The average Bonchev–Trinajstić information content (AvgIpc) is 2.40. The molecule has 0 aliphatic carbocycles. The van der Waals surface area contributed by atoms with Crippen LogP contribution < -0.4 is 16.8 Å². The van der Waals surface area contributed by atoms with E-state index in [0.717, 1.165) is 25.7 Å². The van der Waals surface area contributed by atoms with E-state index in [1.54, 1.807) is 0 Å². The highest BCUT2D eigenvalue weighted by molar-refractivity contribution is 5.86. The van der Waals surface area contributed by atoms with Gasteiger partial charge >= 0.3 is 11.9 Å². The van der Waals surface area contributed by atoms with Gasteiger partial charge in [-0.1, -0.05) is 19.3 Å². The highest BCUT2D eigenvalue weighted by Gasteiger charge is 2.22. The molecule has 0 aliphatic heterocycles. The summed E-state index contributed by atoms with van der Waals surface area (Å²) in [5.74, 6) is -3.00. The minimum atomic E-state index is -1.38. The average molecular weight is 316 g/mol. The third-order valence-electron chi connectivity index (χ3n) is 2.87. The molecule has 0 saturated carbocycles. The van der Waals surface area contributed by atoms with Crippen LogP contribution in [0.2, 0.25) is 0 Å². The van der Waals surface area contributed by atoms with Crippen LogP contribution in [0.5, 0.6) is 0 Å². The number of nitrogens with two attached hydrogens (primary N) is 2. The fourth-order valence-corrected chi connectivity index (χ4v) is 1.78. The van der Waals surface area contributed by atoms with Crippen LogP contribution in [0, 0.1) is 0 Å². The number of nitrogens with zero attached hydrogens (tertiary/aromatic N) is 1. The Morgan fingerprint density at radius 1 is 1.00 bits per heavy atom. The summed E-state index contributed by atoms with van der Waals surface area (Å²) >= 11 is 0. The Labute approximate surface area is 128 Å². The zero-order valence-electron chi connectivity index (χ0n) is 12.5. The topological polar surface area (TPSA) is 168 Å². The largest absolute Gasteiger partial charge is 0.481 e. The Bertz CT molecular complexity index is 407. The van der Waals surface area contributed by atoms with Crippen molar-refractivity contribution in [2.75, 3.05) is 6.54 Å². The second kappa shape index (κ2) is 11.4. The summed E-state index contributed by atoms with van der Waals surface area (Å²) in [5, 5.41) is 19.6. The number of carbonyl (C=O) groups excluding carboxylic acids is 1. The third kappa shape index (κ3) is 11.5. The zero-order valence-corrected chi connectivity index (χ0v) is 12.5. The lowest BCUT2D eigenvalue weighted by Gasteiger charge is -2.12. The first-order chi connectivity index (χ1) is 10.3. The van der Waals surface area contributed by atoms with Gasteiger partial charge in [-0.3, -0.25) is 14.6 Å². The number of aliphatic imine (C=N–C) groups is 1. The van der Waals surface area contributed by atoms with Crippen molar-refractivity contribution in [3.63, 3.8) is 0 Å². The number of hydrogen-bond acceptors (Lipinski definition) is 4. The van der Waals surface area contributed by atoms with Crippen molar-refractivity contribution >= 4 is 23.8 Å². The molecule has 0 saturated heterocycles. The lowest BCUT2D eigenvalue weighted by atomic mass is 10.1. The normalized spacial score (nSPS) is 11.5. The molecule has 0 aromatic heterocycles. The molecule has 0 bridgehead atoms. The summed E-state index contributed by atoms with van der Waals surface area (Å²) in [5.41, 5.74) is 10.4. The van der Waals surface area contributed by atoms with E-state index in [9.17, 15) is 14.4 Å². The summed E-state index contributed by atoms with van der Waals surface area (Å²) in [6, 6.07) is -1.38. The Morgan fingerprint density at radius 2 is 1.59 bits per heavy atom. The molecule has 0 aliphatic rings. The van der Waals surface area contributed by atoms with Crippen molar-refractivity contribution in [2.45, 2.75) is 51.0 Å².